The fourth-order valence-corrected chi connectivity index (χ4v) is 3.48. The Hall–Kier alpha value is -1.16. The largest absolute Gasteiger partial charge is 0.293 e. The van der Waals surface area contributed by atoms with Crippen molar-refractivity contribution in [2.75, 3.05) is 13.1 Å². The number of halogens is 1. The molecule has 0 saturated carbocycles. The molecular weight excluding hydrogens is 278 g/mol. The predicted octanol–water partition coefficient (Wildman–Crippen LogP) is 3.64. The zero-order chi connectivity index (χ0) is 13.2. The molecule has 4 heteroatoms. The van der Waals surface area contributed by atoms with Crippen LogP contribution in [0.15, 0.2) is 35.7 Å². The van der Waals surface area contributed by atoms with Crippen LogP contribution < -0.4 is 0 Å². The molecule has 0 fully saturated rings. The zero-order valence-corrected chi connectivity index (χ0v) is 12.0. The molecule has 0 radical (unpaired) electrons. The molecule has 19 heavy (non-hydrogen) atoms. The molecule has 1 aromatic carbocycles. The molecule has 3 rings (SSSR count). The SMILES string of the molecule is O=C(CN1CCc2sccc2C1)c1cccc(Cl)c1. The maximum Gasteiger partial charge on any atom is 0.176 e. The Morgan fingerprint density at radius 3 is 3.11 bits per heavy atom. The lowest BCUT2D eigenvalue weighted by Gasteiger charge is -2.26. The molecule has 0 spiro atoms. The van der Waals surface area contributed by atoms with Gasteiger partial charge in [-0.1, -0.05) is 23.7 Å². The van der Waals surface area contributed by atoms with Crippen LogP contribution in [0.4, 0.5) is 0 Å². The van der Waals surface area contributed by atoms with Crippen molar-refractivity contribution in [1.29, 1.82) is 0 Å². The van der Waals surface area contributed by atoms with Gasteiger partial charge in [-0.2, -0.15) is 0 Å². The Morgan fingerprint density at radius 1 is 1.37 bits per heavy atom. The van der Waals surface area contributed by atoms with Gasteiger partial charge in [0.05, 0.1) is 6.54 Å². The van der Waals surface area contributed by atoms with Crippen molar-refractivity contribution in [1.82, 2.24) is 4.90 Å². The molecule has 1 aliphatic rings. The number of thiophene rings is 1. The summed E-state index contributed by atoms with van der Waals surface area (Å²) < 4.78 is 0. The quantitative estimate of drug-likeness (QED) is 0.805. The molecule has 0 aliphatic carbocycles. The summed E-state index contributed by atoms with van der Waals surface area (Å²) in [5.41, 5.74) is 2.07. The van der Waals surface area contributed by atoms with E-state index in [9.17, 15) is 4.79 Å². The van der Waals surface area contributed by atoms with Crippen molar-refractivity contribution in [3.8, 4) is 0 Å². The molecule has 1 aromatic heterocycles. The van der Waals surface area contributed by atoms with E-state index in [0.717, 1.165) is 19.5 Å². The maximum absolute atomic E-state index is 12.2. The van der Waals surface area contributed by atoms with Gasteiger partial charge >= 0.3 is 0 Å². The highest BCUT2D eigenvalue weighted by Crippen LogP contribution is 2.24. The zero-order valence-electron chi connectivity index (χ0n) is 10.4. The summed E-state index contributed by atoms with van der Waals surface area (Å²) in [4.78, 5) is 15.9. The van der Waals surface area contributed by atoms with Crippen LogP contribution in [0.5, 0.6) is 0 Å². The van der Waals surface area contributed by atoms with Gasteiger partial charge in [-0.3, -0.25) is 9.69 Å². The van der Waals surface area contributed by atoms with Gasteiger partial charge in [0.25, 0.3) is 0 Å². The van der Waals surface area contributed by atoms with Crippen molar-refractivity contribution in [3.05, 3.63) is 56.7 Å². The van der Waals surface area contributed by atoms with E-state index in [4.69, 9.17) is 11.6 Å². The topological polar surface area (TPSA) is 20.3 Å². The number of hydrogen-bond acceptors (Lipinski definition) is 3. The summed E-state index contributed by atoms with van der Waals surface area (Å²) in [5.74, 6) is 0.140. The fourth-order valence-electron chi connectivity index (χ4n) is 2.40. The highest BCUT2D eigenvalue weighted by Gasteiger charge is 2.19. The van der Waals surface area contributed by atoms with Gasteiger partial charge in [-0.15, -0.1) is 11.3 Å². The van der Waals surface area contributed by atoms with Crippen LogP contribution in [0.25, 0.3) is 0 Å². The number of rotatable bonds is 3. The molecule has 2 nitrogen and oxygen atoms in total. The molecule has 0 amide bonds. The first-order chi connectivity index (χ1) is 9.22. The lowest BCUT2D eigenvalue weighted by atomic mass is 10.1. The molecule has 0 unspecified atom stereocenters. The number of hydrogen-bond donors (Lipinski definition) is 0. The average molecular weight is 292 g/mol. The summed E-state index contributed by atoms with van der Waals surface area (Å²) in [7, 11) is 0. The summed E-state index contributed by atoms with van der Waals surface area (Å²) >= 11 is 7.74. The van der Waals surface area contributed by atoms with Crippen LogP contribution in [-0.4, -0.2) is 23.8 Å². The maximum atomic E-state index is 12.2. The summed E-state index contributed by atoms with van der Waals surface area (Å²) in [6, 6.07) is 9.34. The number of Topliss-reactive ketones (excluding diaryl/α,β-unsaturated/α-hetero) is 1. The molecule has 2 aromatic rings. The second-order valence-electron chi connectivity index (χ2n) is 4.76. The van der Waals surface area contributed by atoms with Crippen LogP contribution in [0.1, 0.15) is 20.8 Å². The number of fused-ring (bicyclic) bond motifs is 1. The third-order valence-electron chi connectivity index (χ3n) is 3.40. The van der Waals surface area contributed by atoms with Gasteiger partial charge in [0.2, 0.25) is 0 Å². The summed E-state index contributed by atoms with van der Waals surface area (Å²) in [5, 5.41) is 2.75. The van der Waals surface area contributed by atoms with E-state index in [2.05, 4.69) is 16.3 Å². The second-order valence-corrected chi connectivity index (χ2v) is 6.20. The highest BCUT2D eigenvalue weighted by atomic mass is 35.5. The molecule has 0 bridgehead atoms. The first-order valence-corrected chi connectivity index (χ1v) is 7.54. The smallest absolute Gasteiger partial charge is 0.176 e. The van der Waals surface area contributed by atoms with E-state index in [1.54, 1.807) is 12.1 Å². The molecule has 0 N–H and O–H groups in total. The lowest BCUT2D eigenvalue weighted by molar-refractivity contribution is 0.0922. The Bertz CT molecular complexity index is 608. The van der Waals surface area contributed by atoms with Crippen LogP contribution in [-0.2, 0) is 13.0 Å². The standard InChI is InChI=1S/C15H14ClNOS/c16-13-3-1-2-11(8-13)14(18)10-17-6-4-15-12(9-17)5-7-19-15/h1-3,5,7-8H,4,6,9-10H2. The number of carbonyl (C=O) groups is 1. The molecule has 0 atom stereocenters. The normalized spacial score (nSPS) is 15.2. The molecule has 98 valence electrons. The van der Waals surface area contributed by atoms with Gasteiger partial charge in [-0.25, -0.2) is 0 Å². The number of nitrogens with zero attached hydrogens (tertiary/aromatic N) is 1. The Balaban J connectivity index is 1.68. The van der Waals surface area contributed by atoms with Crippen LogP contribution in [0.2, 0.25) is 5.02 Å². The van der Waals surface area contributed by atoms with Crippen molar-refractivity contribution >= 4 is 28.7 Å². The van der Waals surface area contributed by atoms with Crippen LogP contribution >= 0.6 is 22.9 Å². The van der Waals surface area contributed by atoms with Gasteiger partial charge < -0.3 is 0 Å². The van der Waals surface area contributed by atoms with Crippen LogP contribution in [0, 0.1) is 0 Å². The first-order valence-electron chi connectivity index (χ1n) is 6.29. The Morgan fingerprint density at radius 2 is 2.26 bits per heavy atom. The summed E-state index contributed by atoms with van der Waals surface area (Å²) in [6.45, 7) is 2.31. The minimum atomic E-state index is 0.140. The Labute approximate surface area is 121 Å². The van der Waals surface area contributed by atoms with Gasteiger partial charge in [0, 0.05) is 28.6 Å². The number of carbonyl (C=O) groups excluding carboxylic acids is 1. The van der Waals surface area contributed by atoms with Crippen molar-refractivity contribution < 1.29 is 4.79 Å². The number of benzene rings is 1. The third-order valence-corrected chi connectivity index (χ3v) is 4.66. The van der Waals surface area contributed by atoms with Crippen LogP contribution in [0.3, 0.4) is 0 Å². The van der Waals surface area contributed by atoms with E-state index < -0.39 is 0 Å². The highest BCUT2D eigenvalue weighted by molar-refractivity contribution is 7.10. The van der Waals surface area contributed by atoms with E-state index in [1.807, 2.05) is 23.5 Å². The molecule has 0 saturated heterocycles. The van der Waals surface area contributed by atoms with E-state index in [0.29, 0.717) is 17.1 Å². The van der Waals surface area contributed by atoms with E-state index in [-0.39, 0.29) is 5.78 Å². The average Bonchev–Trinajstić information content (AvgIpc) is 2.86. The fraction of sp³-hybridized carbons (Fsp3) is 0.267. The van der Waals surface area contributed by atoms with E-state index in [1.165, 1.54) is 10.4 Å². The van der Waals surface area contributed by atoms with Crippen molar-refractivity contribution in [2.45, 2.75) is 13.0 Å². The Kier molecular flexibility index (Phi) is 3.69. The summed E-state index contributed by atoms with van der Waals surface area (Å²) in [6.07, 6.45) is 1.05. The van der Waals surface area contributed by atoms with Gasteiger partial charge in [0.1, 0.15) is 0 Å². The van der Waals surface area contributed by atoms with Gasteiger partial charge in [-0.05, 0) is 35.6 Å². The molecular formula is C15H14ClNOS. The second kappa shape index (κ2) is 5.45. The van der Waals surface area contributed by atoms with Gasteiger partial charge in [0.15, 0.2) is 5.78 Å². The van der Waals surface area contributed by atoms with Crippen molar-refractivity contribution in [2.24, 2.45) is 0 Å². The van der Waals surface area contributed by atoms with E-state index >= 15 is 0 Å². The lowest BCUT2D eigenvalue weighted by Crippen LogP contribution is -2.34. The minimum absolute atomic E-state index is 0.140. The minimum Gasteiger partial charge on any atom is -0.293 e. The monoisotopic (exact) mass is 291 g/mol. The predicted molar refractivity (Wildman–Crippen MR) is 79.1 cm³/mol. The third kappa shape index (κ3) is 2.89. The molecule has 1 aliphatic heterocycles. The first kappa shape index (κ1) is 12.9. The van der Waals surface area contributed by atoms with Crippen molar-refractivity contribution in [3.63, 3.8) is 0 Å². The molecule has 2 heterocycles. The number of ketones is 1.